The van der Waals surface area contributed by atoms with Crippen molar-refractivity contribution in [2.75, 3.05) is 7.05 Å². The lowest BCUT2D eigenvalue weighted by Crippen LogP contribution is -2.04. The summed E-state index contributed by atoms with van der Waals surface area (Å²) < 4.78 is 19.0. The summed E-state index contributed by atoms with van der Waals surface area (Å²) >= 11 is 0. The lowest BCUT2D eigenvalue weighted by atomic mass is 10.2. The van der Waals surface area contributed by atoms with Crippen LogP contribution >= 0.6 is 0 Å². The number of rotatable bonds is 3. The van der Waals surface area contributed by atoms with Gasteiger partial charge in [-0.25, -0.2) is 9.37 Å². The van der Waals surface area contributed by atoms with E-state index in [1.54, 1.807) is 18.2 Å². The third-order valence-corrected chi connectivity index (χ3v) is 2.33. The molecule has 1 N–H and O–H groups in total. The fourth-order valence-corrected chi connectivity index (χ4v) is 1.50. The van der Waals surface area contributed by atoms with Crippen molar-refractivity contribution in [3.8, 4) is 11.5 Å². The van der Waals surface area contributed by atoms with Crippen molar-refractivity contribution in [1.29, 1.82) is 0 Å². The average molecular weight is 220 g/mol. The maximum absolute atomic E-state index is 13.5. The number of oxazole rings is 1. The number of aromatic nitrogens is 1. The predicted molar refractivity (Wildman–Crippen MR) is 59.4 cm³/mol. The molecule has 1 heterocycles. The van der Waals surface area contributed by atoms with E-state index in [0.29, 0.717) is 18.0 Å². The number of hydrogen-bond acceptors (Lipinski definition) is 3. The maximum atomic E-state index is 13.5. The minimum atomic E-state index is -0.320. The van der Waals surface area contributed by atoms with Gasteiger partial charge in [0.15, 0.2) is 0 Å². The van der Waals surface area contributed by atoms with Gasteiger partial charge in [-0.1, -0.05) is 12.1 Å². The number of nitrogens with zero attached hydrogens (tertiary/aromatic N) is 1. The van der Waals surface area contributed by atoms with Gasteiger partial charge in [0.05, 0.1) is 17.8 Å². The summed E-state index contributed by atoms with van der Waals surface area (Å²) in [6.07, 6.45) is 0. The van der Waals surface area contributed by atoms with Crippen molar-refractivity contribution < 1.29 is 8.81 Å². The zero-order valence-electron chi connectivity index (χ0n) is 9.25. The van der Waals surface area contributed by atoms with Crippen LogP contribution in [0.25, 0.3) is 11.5 Å². The molecule has 1 aromatic carbocycles. The van der Waals surface area contributed by atoms with E-state index in [-0.39, 0.29) is 5.82 Å². The third kappa shape index (κ3) is 1.97. The van der Waals surface area contributed by atoms with Crippen molar-refractivity contribution >= 4 is 0 Å². The van der Waals surface area contributed by atoms with Crippen LogP contribution in [0.5, 0.6) is 0 Å². The molecule has 0 radical (unpaired) electrons. The van der Waals surface area contributed by atoms with Crippen molar-refractivity contribution in [2.45, 2.75) is 13.5 Å². The van der Waals surface area contributed by atoms with Crippen LogP contribution in [0.1, 0.15) is 11.5 Å². The van der Waals surface area contributed by atoms with Crippen LogP contribution in [0.3, 0.4) is 0 Å². The van der Waals surface area contributed by atoms with Crippen LogP contribution < -0.4 is 5.32 Å². The molecule has 0 aliphatic heterocycles. The summed E-state index contributed by atoms with van der Waals surface area (Å²) in [5, 5.41) is 2.98. The Labute approximate surface area is 93.3 Å². The van der Waals surface area contributed by atoms with Gasteiger partial charge < -0.3 is 9.73 Å². The zero-order chi connectivity index (χ0) is 11.5. The Morgan fingerprint density at radius 3 is 2.81 bits per heavy atom. The minimum absolute atomic E-state index is 0.320. The van der Waals surface area contributed by atoms with Gasteiger partial charge in [0.2, 0.25) is 5.89 Å². The number of halogens is 1. The van der Waals surface area contributed by atoms with Gasteiger partial charge in [0, 0.05) is 0 Å². The number of benzene rings is 1. The highest BCUT2D eigenvalue weighted by Gasteiger charge is 2.13. The molecule has 0 aliphatic carbocycles. The second kappa shape index (κ2) is 4.45. The Balaban J connectivity index is 2.42. The SMILES string of the molecule is CNCc1oc(-c2ccccc2F)nc1C. The highest BCUT2D eigenvalue weighted by molar-refractivity contribution is 5.54. The smallest absolute Gasteiger partial charge is 0.229 e. The van der Waals surface area contributed by atoms with E-state index in [2.05, 4.69) is 10.3 Å². The fourth-order valence-electron chi connectivity index (χ4n) is 1.50. The summed E-state index contributed by atoms with van der Waals surface area (Å²) in [6, 6.07) is 6.45. The molecular formula is C12H13FN2O. The van der Waals surface area contributed by atoms with Gasteiger partial charge in [-0.15, -0.1) is 0 Å². The molecule has 1 aromatic heterocycles. The van der Waals surface area contributed by atoms with Crippen LogP contribution in [-0.4, -0.2) is 12.0 Å². The molecule has 0 fully saturated rings. The first kappa shape index (κ1) is 10.8. The molecule has 0 atom stereocenters. The molecule has 4 heteroatoms. The van der Waals surface area contributed by atoms with Crippen molar-refractivity contribution in [3.63, 3.8) is 0 Å². The quantitative estimate of drug-likeness (QED) is 0.863. The van der Waals surface area contributed by atoms with Crippen LogP contribution in [0.2, 0.25) is 0 Å². The summed E-state index contributed by atoms with van der Waals surface area (Å²) in [4.78, 5) is 4.21. The van der Waals surface area contributed by atoms with Crippen molar-refractivity contribution in [3.05, 3.63) is 41.5 Å². The third-order valence-electron chi connectivity index (χ3n) is 2.33. The van der Waals surface area contributed by atoms with E-state index in [1.807, 2.05) is 14.0 Å². The second-order valence-corrected chi connectivity index (χ2v) is 3.54. The highest BCUT2D eigenvalue weighted by Crippen LogP contribution is 2.23. The molecule has 3 nitrogen and oxygen atoms in total. The maximum Gasteiger partial charge on any atom is 0.229 e. The van der Waals surface area contributed by atoms with E-state index in [9.17, 15) is 4.39 Å². The normalized spacial score (nSPS) is 10.7. The Bertz CT molecular complexity index is 494. The second-order valence-electron chi connectivity index (χ2n) is 3.54. The van der Waals surface area contributed by atoms with Gasteiger partial charge in [0.25, 0.3) is 0 Å². The van der Waals surface area contributed by atoms with Crippen LogP contribution in [0.4, 0.5) is 4.39 Å². The Morgan fingerprint density at radius 2 is 2.12 bits per heavy atom. The number of aryl methyl sites for hydroxylation is 1. The first-order valence-corrected chi connectivity index (χ1v) is 5.08. The van der Waals surface area contributed by atoms with E-state index in [1.165, 1.54) is 6.07 Å². The van der Waals surface area contributed by atoms with E-state index < -0.39 is 0 Å². The van der Waals surface area contributed by atoms with Crippen LogP contribution in [-0.2, 0) is 6.54 Å². The predicted octanol–water partition coefficient (Wildman–Crippen LogP) is 2.51. The van der Waals surface area contributed by atoms with Crippen LogP contribution in [0, 0.1) is 12.7 Å². The lowest BCUT2D eigenvalue weighted by Gasteiger charge is -1.97. The van der Waals surface area contributed by atoms with E-state index >= 15 is 0 Å². The highest BCUT2D eigenvalue weighted by atomic mass is 19.1. The first-order chi connectivity index (χ1) is 7.72. The number of hydrogen-bond donors (Lipinski definition) is 1. The first-order valence-electron chi connectivity index (χ1n) is 5.08. The van der Waals surface area contributed by atoms with Crippen molar-refractivity contribution in [2.24, 2.45) is 0 Å². The summed E-state index contributed by atoms with van der Waals surface area (Å²) in [5.41, 5.74) is 1.18. The summed E-state index contributed by atoms with van der Waals surface area (Å²) in [7, 11) is 1.82. The monoisotopic (exact) mass is 220 g/mol. The molecule has 0 aliphatic rings. The molecule has 0 unspecified atom stereocenters. The van der Waals surface area contributed by atoms with Gasteiger partial charge in [-0.05, 0) is 26.1 Å². The van der Waals surface area contributed by atoms with Gasteiger partial charge in [-0.2, -0.15) is 0 Å². The fraction of sp³-hybridized carbons (Fsp3) is 0.250. The van der Waals surface area contributed by atoms with Crippen LogP contribution in [0.15, 0.2) is 28.7 Å². The molecular weight excluding hydrogens is 207 g/mol. The van der Waals surface area contributed by atoms with Gasteiger partial charge >= 0.3 is 0 Å². The topological polar surface area (TPSA) is 38.1 Å². The number of nitrogens with one attached hydrogen (secondary N) is 1. The van der Waals surface area contributed by atoms with E-state index in [0.717, 1.165) is 11.5 Å². The van der Waals surface area contributed by atoms with E-state index in [4.69, 9.17) is 4.42 Å². The zero-order valence-corrected chi connectivity index (χ0v) is 9.25. The molecule has 2 rings (SSSR count). The molecule has 16 heavy (non-hydrogen) atoms. The molecule has 2 aromatic rings. The van der Waals surface area contributed by atoms with Gasteiger partial charge in [0.1, 0.15) is 11.6 Å². The Kier molecular flexibility index (Phi) is 3.01. The summed E-state index contributed by atoms with van der Waals surface area (Å²) in [6.45, 7) is 2.44. The molecule has 0 spiro atoms. The molecule has 0 bridgehead atoms. The Morgan fingerprint density at radius 1 is 1.38 bits per heavy atom. The lowest BCUT2D eigenvalue weighted by molar-refractivity contribution is 0.497. The minimum Gasteiger partial charge on any atom is -0.439 e. The standard InChI is InChI=1S/C12H13FN2O/c1-8-11(7-14-2)16-12(15-8)9-5-3-4-6-10(9)13/h3-6,14H,7H2,1-2H3. The Hall–Kier alpha value is -1.68. The van der Waals surface area contributed by atoms with Gasteiger partial charge in [-0.3, -0.25) is 0 Å². The largest absolute Gasteiger partial charge is 0.439 e. The summed E-state index contributed by atoms with van der Waals surface area (Å²) in [5.74, 6) is 0.751. The molecule has 0 saturated heterocycles. The molecule has 0 amide bonds. The average Bonchev–Trinajstić information content (AvgIpc) is 2.61. The molecule has 0 saturated carbocycles. The van der Waals surface area contributed by atoms with Crippen molar-refractivity contribution in [1.82, 2.24) is 10.3 Å². The molecule has 84 valence electrons.